The van der Waals surface area contributed by atoms with E-state index in [2.05, 4.69) is 30.1 Å². The van der Waals surface area contributed by atoms with Crippen molar-refractivity contribution in [2.45, 2.75) is 112 Å². The number of carbonyl (C=O) groups excluding carboxylic acids is 3. The molecule has 3 unspecified atom stereocenters. The Labute approximate surface area is 256 Å². The van der Waals surface area contributed by atoms with E-state index in [0.29, 0.717) is 19.4 Å². The second-order valence-electron chi connectivity index (χ2n) is 11.5. The number of esters is 2. The van der Waals surface area contributed by atoms with Crippen molar-refractivity contribution >= 4 is 35.1 Å². The summed E-state index contributed by atoms with van der Waals surface area (Å²) in [4.78, 5) is 42.7. The molecule has 236 valence electrons. The van der Waals surface area contributed by atoms with Gasteiger partial charge in [-0.1, -0.05) is 57.9 Å². The number of aromatic nitrogens is 1. The number of thiazole rings is 1. The molecule has 1 rings (SSSR count). The molecule has 0 aliphatic rings. The number of aryl methyl sites for hydroxylation is 1. The van der Waals surface area contributed by atoms with Crippen LogP contribution in [0.1, 0.15) is 104 Å². The fourth-order valence-electron chi connectivity index (χ4n) is 4.30. The van der Waals surface area contributed by atoms with Crippen LogP contribution in [-0.2, 0) is 23.9 Å². The van der Waals surface area contributed by atoms with Crippen LogP contribution in [0.4, 0.5) is 0 Å². The van der Waals surface area contributed by atoms with Crippen molar-refractivity contribution in [3.8, 4) is 0 Å². The van der Waals surface area contributed by atoms with Gasteiger partial charge in [0.25, 0.3) is 0 Å². The van der Waals surface area contributed by atoms with Crippen molar-refractivity contribution in [1.82, 2.24) is 4.98 Å². The van der Waals surface area contributed by atoms with Crippen molar-refractivity contribution in [2.75, 3.05) is 13.2 Å². The van der Waals surface area contributed by atoms with E-state index in [1.165, 1.54) is 0 Å². The highest BCUT2D eigenvalue weighted by atomic mass is 32.1. The lowest BCUT2D eigenvalue weighted by Gasteiger charge is -2.31. The summed E-state index contributed by atoms with van der Waals surface area (Å²) in [6.07, 6.45) is 11.0. The van der Waals surface area contributed by atoms with Gasteiger partial charge in [0, 0.05) is 24.1 Å². The summed E-state index contributed by atoms with van der Waals surface area (Å²) >= 11 is 1.55. The van der Waals surface area contributed by atoms with Crippen LogP contribution in [0.2, 0.25) is 0 Å². The van der Waals surface area contributed by atoms with Gasteiger partial charge in [0.15, 0.2) is 0 Å². The molecule has 1 aromatic heterocycles. The van der Waals surface area contributed by atoms with Crippen LogP contribution >= 0.6 is 11.3 Å². The van der Waals surface area contributed by atoms with Gasteiger partial charge in [-0.05, 0) is 64.6 Å². The maximum absolute atomic E-state index is 13.2. The lowest BCUT2D eigenvalue weighted by molar-refractivity contribution is -0.154. The molecule has 0 aliphatic carbocycles. The molecule has 42 heavy (non-hydrogen) atoms. The first-order valence-electron chi connectivity index (χ1n) is 15.0. The van der Waals surface area contributed by atoms with Crippen LogP contribution in [0.5, 0.6) is 0 Å². The fourth-order valence-corrected chi connectivity index (χ4v) is 4.87. The Kier molecular flexibility index (Phi) is 17.4. The summed E-state index contributed by atoms with van der Waals surface area (Å²) in [5, 5.41) is 13.9. The van der Waals surface area contributed by atoms with Crippen LogP contribution in [-0.4, -0.2) is 53.2 Å². The number of allylic oxidation sites excluding steroid dienone is 3. The number of rotatable bonds is 20. The van der Waals surface area contributed by atoms with Crippen molar-refractivity contribution in [3.05, 3.63) is 45.5 Å². The minimum Gasteiger partial charge on any atom is -0.465 e. The molecule has 0 aliphatic heterocycles. The molecule has 0 amide bonds. The molecule has 1 heterocycles. The normalized spacial score (nSPS) is 15.0. The lowest BCUT2D eigenvalue weighted by atomic mass is 9.76. The van der Waals surface area contributed by atoms with Gasteiger partial charge >= 0.3 is 11.9 Å². The Bertz CT molecular complexity index is 1090. The Morgan fingerprint density at radius 3 is 2.48 bits per heavy atom. The zero-order valence-corrected chi connectivity index (χ0v) is 27.4. The van der Waals surface area contributed by atoms with E-state index in [-0.39, 0.29) is 31.2 Å². The topological polar surface area (TPSA) is 129 Å². The number of nitrogens with two attached hydrogens (primary N) is 1. The minimum atomic E-state index is -1.27. The molecule has 0 saturated carbocycles. The summed E-state index contributed by atoms with van der Waals surface area (Å²) in [5.74, 6) is -1.87. The number of Topliss-reactive ketones (excluding diaryl/α,β-unsaturated/α-hetero) is 1. The second-order valence-corrected chi connectivity index (χ2v) is 12.6. The van der Waals surface area contributed by atoms with Gasteiger partial charge in [0.1, 0.15) is 18.5 Å². The molecule has 0 radical (unpaired) electrons. The summed E-state index contributed by atoms with van der Waals surface area (Å²) in [5.41, 5.74) is 7.03. The summed E-state index contributed by atoms with van der Waals surface area (Å²) in [7, 11) is 0. The van der Waals surface area contributed by atoms with E-state index in [1.807, 2.05) is 32.2 Å². The van der Waals surface area contributed by atoms with Gasteiger partial charge < -0.3 is 20.3 Å². The van der Waals surface area contributed by atoms with Crippen LogP contribution < -0.4 is 5.73 Å². The number of aliphatic hydroxyl groups is 1. The van der Waals surface area contributed by atoms with Gasteiger partial charge in [-0.3, -0.25) is 14.4 Å². The first-order chi connectivity index (χ1) is 19.8. The Morgan fingerprint density at radius 2 is 1.86 bits per heavy atom. The average Bonchev–Trinajstić information content (AvgIpc) is 3.35. The van der Waals surface area contributed by atoms with E-state index in [4.69, 9.17) is 15.2 Å². The molecule has 0 saturated heterocycles. The third-order valence-corrected chi connectivity index (χ3v) is 7.96. The molecule has 0 aromatic carbocycles. The number of unbranched alkanes of at least 4 members (excludes halogenated alkanes) is 2. The lowest BCUT2D eigenvalue weighted by Crippen LogP contribution is -2.43. The molecule has 3 N–H and O–H groups in total. The highest BCUT2D eigenvalue weighted by molar-refractivity contribution is 7.09. The molecule has 3 atom stereocenters. The van der Waals surface area contributed by atoms with Gasteiger partial charge in [-0.25, -0.2) is 4.98 Å². The molecule has 8 nitrogen and oxygen atoms in total. The molecule has 9 heteroatoms. The summed E-state index contributed by atoms with van der Waals surface area (Å²) in [6.45, 7) is 13.3. The molecule has 0 bridgehead atoms. The standard InChI is InChI=1S/C33H52N2O6S/c1-8-9-11-14-23(2)16-17-28(24(3)19-27-22-42-26(5)35-27)41-31(38)20-29(36)33(6,7)32(39)25(4)21-40-30(37)15-12-10-13-18-34/h9,11,16,19,22,25,28-29,36H,8,10,12-15,17-18,20-21,34H2,1-7H3. The predicted octanol–water partition coefficient (Wildman–Crippen LogP) is 6.50. The van der Waals surface area contributed by atoms with Crippen LogP contribution in [0, 0.1) is 18.3 Å². The molecular formula is C33H52N2O6S. The van der Waals surface area contributed by atoms with E-state index >= 15 is 0 Å². The Hall–Kier alpha value is -2.62. The smallest absolute Gasteiger partial charge is 0.309 e. The maximum atomic E-state index is 13.2. The van der Waals surface area contributed by atoms with E-state index in [0.717, 1.165) is 47.5 Å². The second kappa shape index (κ2) is 19.5. The highest BCUT2D eigenvalue weighted by Gasteiger charge is 2.40. The quantitative estimate of drug-likeness (QED) is 0.0980. The summed E-state index contributed by atoms with van der Waals surface area (Å²) < 4.78 is 11.1. The van der Waals surface area contributed by atoms with Gasteiger partial charge in [-0.15, -0.1) is 11.3 Å². The maximum Gasteiger partial charge on any atom is 0.309 e. The number of carbonyl (C=O) groups is 3. The summed E-state index contributed by atoms with van der Waals surface area (Å²) in [6, 6.07) is 0. The predicted molar refractivity (Wildman–Crippen MR) is 170 cm³/mol. The molecular weight excluding hydrogens is 552 g/mol. The number of ether oxygens (including phenoxy) is 2. The molecule has 1 aromatic rings. The number of aliphatic hydroxyl groups excluding tert-OH is 1. The van der Waals surface area contributed by atoms with Crippen molar-refractivity contribution in [1.29, 1.82) is 0 Å². The third-order valence-electron chi connectivity index (χ3n) is 7.17. The SMILES string of the molecule is CCC=CCC(C)=CCC(OC(=O)CC(O)C(C)(C)C(=O)C(C)COC(=O)CCCCCN)C(C)=Cc1csc(C)n1. The van der Waals surface area contributed by atoms with Crippen molar-refractivity contribution in [3.63, 3.8) is 0 Å². The van der Waals surface area contributed by atoms with Gasteiger partial charge in [0.05, 0.1) is 28.6 Å². The average molecular weight is 605 g/mol. The molecule has 0 fully saturated rings. The zero-order chi connectivity index (χ0) is 31.7. The Balaban J connectivity index is 2.85. The highest BCUT2D eigenvalue weighted by Crippen LogP contribution is 2.29. The number of ketones is 1. The first-order valence-corrected chi connectivity index (χ1v) is 15.9. The van der Waals surface area contributed by atoms with Crippen LogP contribution in [0.25, 0.3) is 6.08 Å². The van der Waals surface area contributed by atoms with Gasteiger partial charge in [0.2, 0.25) is 0 Å². The van der Waals surface area contributed by atoms with Crippen LogP contribution in [0.3, 0.4) is 0 Å². The van der Waals surface area contributed by atoms with E-state index in [1.54, 1.807) is 32.1 Å². The first kappa shape index (κ1) is 37.4. The van der Waals surface area contributed by atoms with Crippen molar-refractivity contribution < 1.29 is 29.0 Å². The fraction of sp³-hybridized carbons (Fsp3) is 0.636. The van der Waals surface area contributed by atoms with Gasteiger partial charge in [-0.2, -0.15) is 0 Å². The molecule has 0 spiro atoms. The monoisotopic (exact) mass is 604 g/mol. The number of nitrogens with zero attached hydrogens (tertiary/aromatic N) is 1. The number of hydrogen-bond donors (Lipinski definition) is 2. The largest absolute Gasteiger partial charge is 0.465 e. The van der Waals surface area contributed by atoms with Crippen molar-refractivity contribution in [2.24, 2.45) is 17.1 Å². The van der Waals surface area contributed by atoms with Crippen LogP contribution in [0.15, 0.2) is 34.8 Å². The zero-order valence-electron chi connectivity index (χ0n) is 26.6. The van der Waals surface area contributed by atoms with E-state index in [9.17, 15) is 19.5 Å². The number of hydrogen-bond acceptors (Lipinski definition) is 9. The Morgan fingerprint density at radius 1 is 1.14 bits per heavy atom. The minimum absolute atomic E-state index is 0.0730. The third kappa shape index (κ3) is 14.0. The van der Waals surface area contributed by atoms with E-state index < -0.39 is 29.5 Å².